The zero-order valence-electron chi connectivity index (χ0n) is 14.2. The lowest BCUT2D eigenvalue weighted by atomic mass is 10.3. The van der Waals surface area contributed by atoms with Gasteiger partial charge in [0.25, 0.3) is 5.91 Å². The molecule has 0 saturated heterocycles. The van der Waals surface area contributed by atoms with Crippen LogP contribution in [0.5, 0.6) is 0 Å². The average molecular weight is 529 g/mol. The summed E-state index contributed by atoms with van der Waals surface area (Å²) in [4.78, 5) is 23.3. The number of amides is 2. The number of benzene rings is 1. The fourth-order valence-electron chi connectivity index (χ4n) is 1.98. The number of carbonyl (C=O) groups excluding carboxylic acids is 2. The maximum Gasteiger partial charge on any atom is 0.288 e. The lowest BCUT2D eigenvalue weighted by Gasteiger charge is -2.27. The number of halogens is 4. The molecule has 0 bridgehead atoms. The third-order valence-electron chi connectivity index (χ3n) is 3.14. The highest BCUT2D eigenvalue weighted by Gasteiger charge is 2.35. The highest BCUT2D eigenvalue weighted by molar-refractivity contribution is 9.10. The first kappa shape index (κ1) is 22.8. The monoisotopic (exact) mass is 526 g/mol. The van der Waals surface area contributed by atoms with E-state index >= 15 is 0 Å². The summed E-state index contributed by atoms with van der Waals surface area (Å²) in [6.45, 7) is 1.41. The third-order valence-corrected chi connectivity index (χ3v) is 4.44. The zero-order valence-corrected chi connectivity index (χ0v) is 18.9. The second kappa shape index (κ2) is 9.80. The summed E-state index contributed by atoms with van der Waals surface area (Å²) in [7, 11) is 0. The molecule has 0 aliphatic carbocycles. The number of hydrogen-bond acceptors (Lipinski definition) is 4. The van der Waals surface area contributed by atoms with Crippen LogP contribution in [-0.2, 0) is 4.79 Å². The Hall–Kier alpha value is -1.52. The van der Waals surface area contributed by atoms with Gasteiger partial charge in [-0.25, -0.2) is 0 Å². The average Bonchev–Trinajstić information content (AvgIpc) is 3.01. The topological polar surface area (TPSA) is 95.4 Å². The van der Waals surface area contributed by atoms with Crippen LogP contribution in [0.25, 0.3) is 0 Å². The number of nitrogens with one attached hydrogen (secondary N) is 4. The van der Waals surface area contributed by atoms with Gasteiger partial charge in [0.15, 0.2) is 15.5 Å². The quantitative estimate of drug-likeness (QED) is 0.261. The number of carbonyl (C=O) groups is 2. The minimum Gasteiger partial charge on any atom is -0.444 e. The molecule has 2 amide bonds. The fourth-order valence-corrected chi connectivity index (χ4v) is 2.85. The molecule has 150 valence electrons. The number of furan rings is 1. The number of thiocarbonyl (C=S) groups is 1. The third kappa shape index (κ3) is 7.14. The van der Waals surface area contributed by atoms with E-state index in [1.807, 2.05) is 0 Å². The predicted octanol–water partition coefficient (Wildman–Crippen LogP) is 4.41. The second-order valence-electron chi connectivity index (χ2n) is 5.41. The van der Waals surface area contributed by atoms with E-state index in [4.69, 9.17) is 51.4 Å². The molecule has 4 N–H and O–H groups in total. The summed E-state index contributed by atoms with van der Waals surface area (Å²) < 4.78 is 3.65. The van der Waals surface area contributed by atoms with Gasteiger partial charge in [0.2, 0.25) is 9.70 Å². The van der Waals surface area contributed by atoms with Gasteiger partial charge in [-0.15, -0.1) is 0 Å². The molecule has 2 rings (SSSR count). The molecule has 1 aromatic carbocycles. The van der Waals surface area contributed by atoms with Crippen molar-refractivity contribution in [3.05, 3.63) is 46.8 Å². The van der Waals surface area contributed by atoms with Crippen LogP contribution in [-0.4, -0.2) is 26.9 Å². The summed E-state index contributed by atoms with van der Waals surface area (Å²) in [5, 5.41) is 10.9. The molecule has 1 aromatic heterocycles. The lowest BCUT2D eigenvalue weighted by molar-refractivity contribution is -0.114. The standard InChI is InChI=1S/C16H14BrCl3N4O3S/c1-8(25)21-9-2-4-10(5-3-9)22-15(28)24-14(16(18,19)20)23-13(26)11-6-7-12(17)27-11/h2-7,14H,1H3,(H,21,25)(H,23,26)(H2,22,24,28). The minimum absolute atomic E-state index is 0.0281. The molecule has 12 heteroatoms. The van der Waals surface area contributed by atoms with Crippen molar-refractivity contribution >= 4 is 91.3 Å². The number of alkyl halides is 3. The van der Waals surface area contributed by atoms with Gasteiger partial charge in [0, 0.05) is 18.3 Å². The van der Waals surface area contributed by atoms with Gasteiger partial charge in [0.1, 0.15) is 6.17 Å². The number of anilines is 2. The molecule has 1 heterocycles. The van der Waals surface area contributed by atoms with E-state index in [2.05, 4.69) is 37.2 Å². The SMILES string of the molecule is CC(=O)Nc1ccc(NC(=S)NC(NC(=O)c2ccc(Br)o2)C(Cl)(Cl)Cl)cc1. The fraction of sp³-hybridized carbons (Fsp3) is 0.188. The van der Waals surface area contributed by atoms with Crippen molar-refractivity contribution in [2.45, 2.75) is 16.9 Å². The molecule has 0 spiro atoms. The van der Waals surface area contributed by atoms with E-state index in [1.165, 1.54) is 13.0 Å². The molecule has 0 aliphatic rings. The Bertz CT molecular complexity index is 871. The van der Waals surface area contributed by atoms with Gasteiger partial charge in [-0.05, 0) is 64.5 Å². The molecule has 28 heavy (non-hydrogen) atoms. The summed E-state index contributed by atoms with van der Waals surface area (Å²) in [6.07, 6.45) is -1.15. The van der Waals surface area contributed by atoms with E-state index < -0.39 is 15.9 Å². The maximum absolute atomic E-state index is 12.2. The van der Waals surface area contributed by atoms with Gasteiger partial charge in [-0.2, -0.15) is 0 Å². The van der Waals surface area contributed by atoms with Gasteiger partial charge in [0.05, 0.1) is 0 Å². The van der Waals surface area contributed by atoms with Crippen LogP contribution in [0.15, 0.2) is 45.5 Å². The smallest absolute Gasteiger partial charge is 0.288 e. The van der Waals surface area contributed by atoms with Crippen LogP contribution in [0.3, 0.4) is 0 Å². The van der Waals surface area contributed by atoms with Crippen LogP contribution < -0.4 is 21.3 Å². The number of hydrogen-bond donors (Lipinski definition) is 4. The van der Waals surface area contributed by atoms with Crippen molar-refractivity contribution in [3.63, 3.8) is 0 Å². The summed E-state index contributed by atoms with van der Waals surface area (Å²) >= 11 is 26.1. The molecule has 7 nitrogen and oxygen atoms in total. The first-order chi connectivity index (χ1) is 13.0. The molecule has 0 radical (unpaired) electrons. The Balaban J connectivity index is 2.00. The van der Waals surface area contributed by atoms with Crippen LogP contribution >= 0.6 is 63.0 Å². The summed E-state index contributed by atoms with van der Waals surface area (Å²) in [5.74, 6) is -0.750. The molecular weight excluding hydrogens is 515 g/mol. The highest BCUT2D eigenvalue weighted by Crippen LogP contribution is 2.29. The van der Waals surface area contributed by atoms with Crippen molar-refractivity contribution in [3.8, 4) is 0 Å². The first-order valence-corrected chi connectivity index (χ1v) is 9.96. The van der Waals surface area contributed by atoms with Crippen LogP contribution in [0.4, 0.5) is 11.4 Å². The second-order valence-corrected chi connectivity index (χ2v) is 8.97. The van der Waals surface area contributed by atoms with Gasteiger partial charge >= 0.3 is 0 Å². The van der Waals surface area contributed by atoms with Gasteiger partial charge in [-0.1, -0.05) is 34.8 Å². The van der Waals surface area contributed by atoms with E-state index in [0.29, 0.717) is 16.0 Å². The van der Waals surface area contributed by atoms with Crippen molar-refractivity contribution in [2.75, 3.05) is 10.6 Å². The first-order valence-electron chi connectivity index (χ1n) is 7.62. The van der Waals surface area contributed by atoms with Crippen molar-refractivity contribution in [1.82, 2.24) is 10.6 Å². The van der Waals surface area contributed by atoms with E-state index in [1.54, 1.807) is 30.3 Å². The van der Waals surface area contributed by atoms with E-state index in [0.717, 1.165) is 0 Å². The highest BCUT2D eigenvalue weighted by atomic mass is 79.9. The summed E-state index contributed by atoms with van der Waals surface area (Å²) in [5.41, 5.74) is 1.25. The van der Waals surface area contributed by atoms with E-state index in [9.17, 15) is 9.59 Å². The predicted molar refractivity (Wildman–Crippen MR) is 118 cm³/mol. The minimum atomic E-state index is -1.90. The zero-order chi connectivity index (χ0) is 20.9. The van der Waals surface area contributed by atoms with Gasteiger partial charge < -0.3 is 25.7 Å². The molecule has 1 atom stereocenters. The van der Waals surface area contributed by atoms with Gasteiger partial charge in [-0.3, -0.25) is 9.59 Å². The molecule has 1 unspecified atom stereocenters. The van der Waals surface area contributed by atoms with Crippen molar-refractivity contribution < 1.29 is 14.0 Å². The Labute approximate surface area is 189 Å². The largest absolute Gasteiger partial charge is 0.444 e. The number of rotatable bonds is 5. The van der Waals surface area contributed by atoms with Crippen molar-refractivity contribution in [1.29, 1.82) is 0 Å². The molecular formula is C16H14BrCl3N4O3S. The van der Waals surface area contributed by atoms with Crippen LogP contribution in [0, 0.1) is 0 Å². The Kier molecular flexibility index (Phi) is 7.97. The summed E-state index contributed by atoms with van der Waals surface area (Å²) in [6, 6.07) is 9.79. The maximum atomic E-state index is 12.2. The molecule has 0 fully saturated rings. The van der Waals surface area contributed by atoms with E-state index in [-0.39, 0.29) is 16.8 Å². The van der Waals surface area contributed by atoms with Crippen molar-refractivity contribution in [2.24, 2.45) is 0 Å². The Morgan fingerprint density at radius 2 is 1.61 bits per heavy atom. The Morgan fingerprint density at radius 1 is 1.04 bits per heavy atom. The van der Waals surface area contributed by atoms with Crippen LogP contribution in [0.1, 0.15) is 17.5 Å². The van der Waals surface area contributed by atoms with Crippen LogP contribution in [0.2, 0.25) is 0 Å². The molecule has 0 saturated carbocycles. The molecule has 2 aromatic rings. The molecule has 0 aliphatic heterocycles. The lowest BCUT2D eigenvalue weighted by Crippen LogP contribution is -2.56. The normalized spacial score (nSPS) is 12.0. The Morgan fingerprint density at radius 3 is 2.07 bits per heavy atom.